The Morgan fingerprint density at radius 2 is 1.69 bits per heavy atom. The van der Waals surface area contributed by atoms with Crippen LogP contribution in [0.25, 0.3) is 0 Å². The molecule has 1 heterocycles. The first-order valence-electron chi connectivity index (χ1n) is 9.88. The largest absolute Gasteiger partial charge is 0.348 e. The molecular weight excluding hydrogens is 360 g/mol. The number of hydrogen-bond acceptors (Lipinski definition) is 2. The summed E-state index contributed by atoms with van der Waals surface area (Å²) in [6.45, 7) is 4.54. The molecule has 146 valence electrons. The first-order chi connectivity index (χ1) is 14.0. The summed E-state index contributed by atoms with van der Waals surface area (Å²) in [6.07, 6.45) is 0.846. The Bertz CT molecular complexity index is 1060. The summed E-state index contributed by atoms with van der Waals surface area (Å²) in [5, 5.41) is 2.93. The van der Waals surface area contributed by atoms with Gasteiger partial charge in [0.25, 0.3) is 11.8 Å². The molecular formula is C25H24N2O2. The van der Waals surface area contributed by atoms with Crippen LogP contribution in [0.5, 0.6) is 0 Å². The van der Waals surface area contributed by atoms with Crippen LogP contribution in [-0.4, -0.2) is 17.9 Å². The molecule has 0 aliphatic carbocycles. The van der Waals surface area contributed by atoms with E-state index in [9.17, 15) is 9.59 Å². The van der Waals surface area contributed by atoms with Gasteiger partial charge in [0.05, 0.1) is 0 Å². The molecule has 0 spiro atoms. The van der Waals surface area contributed by atoms with Gasteiger partial charge in [0, 0.05) is 29.4 Å². The van der Waals surface area contributed by atoms with Gasteiger partial charge in [0.2, 0.25) is 0 Å². The third kappa shape index (κ3) is 3.92. The topological polar surface area (TPSA) is 49.4 Å². The Labute approximate surface area is 171 Å². The van der Waals surface area contributed by atoms with Gasteiger partial charge in [-0.2, -0.15) is 0 Å². The van der Waals surface area contributed by atoms with Crippen molar-refractivity contribution in [2.75, 3.05) is 4.90 Å². The summed E-state index contributed by atoms with van der Waals surface area (Å²) in [7, 11) is 0. The van der Waals surface area contributed by atoms with Crippen LogP contribution in [0.15, 0.2) is 72.8 Å². The predicted octanol–water partition coefficient (Wildman–Crippen LogP) is 4.52. The molecule has 1 aliphatic heterocycles. The minimum Gasteiger partial charge on any atom is -0.348 e. The summed E-state index contributed by atoms with van der Waals surface area (Å²) in [5.74, 6) is -0.259. The third-order valence-corrected chi connectivity index (χ3v) is 5.37. The molecule has 0 fully saturated rings. The molecule has 4 heteroatoms. The van der Waals surface area contributed by atoms with Crippen LogP contribution in [0.4, 0.5) is 5.69 Å². The molecule has 2 amide bonds. The number of benzene rings is 3. The molecule has 1 atom stereocenters. The van der Waals surface area contributed by atoms with Crippen LogP contribution >= 0.6 is 0 Å². The average molecular weight is 384 g/mol. The number of hydrogen-bond donors (Lipinski definition) is 1. The van der Waals surface area contributed by atoms with Gasteiger partial charge in [-0.3, -0.25) is 9.59 Å². The molecule has 1 aliphatic rings. The lowest BCUT2D eigenvalue weighted by Gasteiger charge is -2.23. The van der Waals surface area contributed by atoms with Gasteiger partial charge < -0.3 is 10.2 Å². The monoisotopic (exact) mass is 384 g/mol. The van der Waals surface area contributed by atoms with E-state index in [0.717, 1.165) is 17.7 Å². The van der Waals surface area contributed by atoms with E-state index in [4.69, 9.17) is 0 Å². The number of rotatable bonds is 4. The van der Waals surface area contributed by atoms with E-state index >= 15 is 0 Å². The molecule has 0 saturated carbocycles. The maximum Gasteiger partial charge on any atom is 0.258 e. The predicted molar refractivity (Wildman–Crippen MR) is 115 cm³/mol. The lowest BCUT2D eigenvalue weighted by Crippen LogP contribution is -2.35. The Balaban J connectivity index is 1.50. The van der Waals surface area contributed by atoms with E-state index in [1.807, 2.05) is 54.3 Å². The number of para-hydroxylation sites is 1. The van der Waals surface area contributed by atoms with Gasteiger partial charge in [-0.1, -0.05) is 54.1 Å². The van der Waals surface area contributed by atoms with Gasteiger partial charge in [0.1, 0.15) is 0 Å². The van der Waals surface area contributed by atoms with Crippen LogP contribution in [0.2, 0.25) is 0 Å². The molecule has 4 rings (SSSR count). The highest BCUT2D eigenvalue weighted by atomic mass is 16.2. The second kappa shape index (κ2) is 7.92. The normalized spacial score (nSPS) is 15.1. The molecule has 1 N–H and O–H groups in total. The van der Waals surface area contributed by atoms with Crippen LogP contribution in [0, 0.1) is 6.92 Å². The van der Waals surface area contributed by atoms with E-state index in [2.05, 4.69) is 18.3 Å². The third-order valence-electron chi connectivity index (χ3n) is 5.37. The average Bonchev–Trinajstić information content (AvgIpc) is 3.08. The van der Waals surface area contributed by atoms with Crippen molar-refractivity contribution in [3.05, 3.63) is 101 Å². The van der Waals surface area contributed by atoms with Gasteiger partial charge >= 0.3 is 0 Å². The summed E-state index contributed by atoms with van der Waals surface area (Å²) in [4.78, 5) is 27.6. The molecule has 29 heavy (non-hydrogen) atoms. The maximum atomic E-state index is 13.2. The van der Waals surface area contributed by atoms with Gasteiger partial charge in [-0.25, -0.2) is 0 Å². The van der Waals surface area contributed by atoms with E-state index in [1.54, 1.807) is 24.3 Å². The molecule has 0 aromatic heterocycles. The number of nitrogens with zero attached hydrogens (tertiary/aromatic N) is 1. The SMILES string of the molecule is Cc1ccc(CNC(=O)c2cccc(C(=O)N3c4ccccc4CC3C)c2)cc1. The summed E-state index contributed by atoms with van der Waals surface area (Å²) in [6, 6.07) is 23.1. The van der Waals surface area contributed by atoms with Crippen molar-refractivity contribution < 1.29 is 9.59 Å². The van der Waals surface area contributed by atoms with E-state index in [-0.39, 0.29) is 17.9 Å². The van der Waals surface area contributed by atoms with Crippen molar-refractivity contribution in [1.82, 2.24) is 5.32 Å². The second-order valence-corrected chi connectivity index (χ2v) is 7.61. The van der Waals surface area contributed by atoms with Gasteiger partial charge in [-0.15, -0.1) is 0 Å². The molecule has 0 bridgehead atoms. The van der Waals surface area contributed by atoms with Crippen molar-refractivity contribution in [3.8, 4) is 0 Å². The number of aryl methyl sites for hydroxylation is 1. The number of amides is 2. The van der Waals surface area contributed by atoms with Crippen molar-refractivity contribution in [3.63, 3.8) is 0 Å². The van der Waals surface area contributed by atoms with Crippen molar-refractivity contribution >= 4 is 17.5 Å². The zero-order valence-electron chi connectivity index (χ0n) is 16.7. The quantitative estimate of drug-likeness (QED) is 0.719. The highest BCUT2D eigenvalue weighted by Crippen LogP contribution is 2.33. The number of nitrogens with one attached hydrogen (secondary N) is 1. The lowest BCUT2D eigenvalue weighted by atomic mass is 10.1. The van der Waals surface area contributed by atoms with Crippen LogP contribution in [0.1, 0.15) is 44.3 Å². The summed E-state index contributed by atoms with van der Waals surface area (Å²) in [5.41, 5.74) is 5.38. The molecule has 4 nitrogen and oxygen atoms in total. The first kappa shape index (κ1) is 18.9. The number of carbonyl (C=O) groups is 2. The second-order valence-electron chi connectivity index (χ2n) is 7.61. The number of fused-ring (bicyclic) bond motifs is 1. The molecule has 3 aromatic rings. The number of carbonyl (C=O) groups excluding carboxylic acids is 2. The number of anilines is 1. The van der Waals surface area contributed by atoms with Crippen molar-refractivity contribution in [2.45, 2.75) is 32.9 Å². The molecule has 0 saturated heterocycles. The van der Waals surface area contributed by atoms with E-state index < -0.39 is 0 Å². The van der Waals surface area contributed by atoms with Crippen LogP contribution < -0.4 is 10.2 Å². The lowest BCUT2D eigenvalue weighted by molar-refractivity contribution is 0.0951. The Hall–Kier alpha value is -3.40. The fourth-order valence-corrected chi connectivity index (χ4v) is 3.80. The highest BCUT2D eigenvalue weighted by Gasteiger charge is 2.31. The standard InChI is InChI=1S/C25H24N2O2/c1-17-10-12-19(13-11-17)16-26-24(28)21-7-5-8-22(15-21)25(29)27-18(2)14-20-6-3-4-9-23(20)27/h3-13,15,18H,14,16H2,1-2H3,(H,26,28). The molecule has 3 aromatic carbocycles. The van der Waals surface area contributed by atoms with Crippen LogP contribution in [0.3, 0.4) is 0 Å². The fourth-order valence-electron chi connectivity index (χ4n) is 3.80. The van der Waals surface area contributed by atoms with E-state index in [0.29, 0.717) is 17.7 Å². The minimum atomic E-state index is -0.185. The first-order valence-corrected chi connectivity index (χ1v) is 9.88. The minimum absolute atomic E-state index is 0.0735. The van der Waals surface area contributed by atoms with Crippen molar-refractivity contribution in [2.24, 2.45) is 0 Å². The maximum absolute atomic E-state index is 13.2. The Kier molecular flexibility index (Phi) is 5.17. The molecule has 1 unspecified atom stereocenters. The zero-order valence-corrected chi connectivity index (χ0v) is 16.7. The summed E-state index contributed by atoms with van der Waals surface area (Å²) >= 11 is 0. The smallest absolute Gasteiger partial charge is 0.258 e. The summed E-state index contributed by atoms with van der Waals surface area (Å²) < 4.78 is 0. The molecule has 0 radical (unpaired) electrons. The van der Waals surface area contributed by atoms with E-state index in [1.165, 1.54) is 11.1 Å². The Morgan fingerprint density at radius 1 is 0.966 bits per heavy atom. The Morgan fingerprint density at radius 3 is 2.48 bits per heavy atom. The van der Waals surface area contributed by atoms with Crippen molar-refractivity contribution in [1.29, 1.82) is 0 Å². The highest BCUT2D eigenvalue weighted by molar-refractivity contribution is 6.09. The van der Waals surface area contributed by atoms with Crippen LogP contribution in [-0.2, 0) is 13.0 Å². The van der Waals surface area contributed by atoms with Gasteiger partial charge in [-0.05, 0) is 55.7 Å². The zero-order chi connectivity index (χ0) is 20.4. The van der Waals surface area contributed by atoms with Gasteiger partial charge in [0.15, 0.2) is 0 Å². The fraction of sp³-hybridized carbons (Fsp3) is 0.200.